The van der Waals surface area contributed by atoms with Crippen LogP contribution >= 0.6 is 15.9 Å². The van der Waals surface area contributed by atoms with Gasteiger partial charge >= 0.3 is 0 Å². The van der Waals surface area contributed by atoms with E-state index in [9.17, 15) is 4.39 Å². The first-order valence-electron chi connectivity index (χ1n) is 3.27. The summed E-state index contributed by atoms with van der Waals surface area (Å²) < 4.78 is 13.5. The lowest BCUT2D eigenvalue weighted by Crippen LogP contribution is -1.84. The Bertz CT molecular complexity index is 437. The van der Waals surface area contributed by atoms with Gasteiger partial charge in [0.1, 0.15) is 5.82 Å². The summed E-state index contributed by atoms with van der Waals surface area (Å²) in [7, 11) is 0. The van der Waals surface area contributed by atoms with Crippen LogP contribution in [0, 0.1) is 5.82 Å². The number of nitrogens with two attached hydrogens (primary N) is 1. The Kier molecular flexibility index (Phi) is 1.54. The molecule has 1 aromatic heterocycles. The lowest BCUT2D eigenvalue weighted by Gasteiger charge is -1.93. The lowest BCUT2D eigenvalue weighted by atomic mass is 10.2. The highest BCUT2D eigenvalue weighted by atomic mass is 79.9. The van der Waals surface area contributed by atoms with E-state index in [1.165, 1.54) is 12.1 Å². The average molecular weight is 230 g/mol. The van der Waals surface area contributed by atoms with Crippen molar-refractivity contribution < 1.29 is 4.39 Å². The third-order valence-electron chi connectivity index (χ3n) is 1.62. The van der Waals surface area contributed by atoms with E-state index in [1.807, 2.05) is 0 Å². The van der Waals surface area contributed by atoms with Crippen LogP contribution in [-0.2, 0) is 0 Å². The van der Waals surface area contributed by atoms with Crippen LogP contribution in [0.25, 0.3) is 10.9 Å². The van der Waals surface area contributed by atoms with Gasteiger partial charge in [0, 0.05) is 9.86 Å². The van der Waals surface area contributed by atoms with E-state index in [0.29, 0.717) is 21.2 Å². The second-order valence-corrected chi connectivity index (χ2v) is 3.27. The number of nitrogen functional groups attached to an aromatic ring is 1. The average Bonchev–Trinajstić information content (AvgIpc) is 2.33. The molecule has 0 radical (unpaired) electrons. The number of hydrogen-bond acceptors (Lipinski definition) is 2. The van der Waals surface area contributed by atoms with Gasteiger partial charge in [0.25, 0.3) is 0 Å². The minimum Gasteiger partial charge on any atom is -0.382 e. The van der Waals surface area contributed by atoms with Gasteiger partial charge < -0.3 is 5.73 Å². The Morgan fingerprint density at radius 3 is 3.00 bits per heavy atom. The van der Waals surface area contributed by atoms with E-state index in [4.69, 9.17) is 5.73 Å². The number of halogens is 2. The summed E-state index contributed by atoms with van der Waals surface area (Å²) in [6.07, 6.45) is 0. The third-order valence-corrected chi connectivity index (χ3v) is 2.24. The summed E-state index contributed by atoms with van der Waals surface area (Å²) >= 11 is 3.19. The van der Waals surface area contributed by atoms with Crippen LogP contribution in [0.4, 0.5) is 10.2 Å². The number of H-pyrrole nitrogens is 1. The maximum atomic E-state index is 12.8. The Hall–Kier alpha value is -1.10. The zero-order valence-corrected chi connectivity index (χ0v) is 7.52. The first kappa shape index (κ1) is 7.54. The summed E-state index contributed by atoms with van der Waals surface area (Å²) in [5, 5.41) is 7.05. The van der Waals surface area contributed by atoms with Crippen LogP contribution in [0.5, 0.6) is 0 Å². The van der Waals surface area contributed by atoms with Crippen LogP contribution in [0.3, 0.4) is 0 Å². The van der Waals surface area contributed by atoms with Gasteiger partial charge in [-0.15, -0.1) is 0 Å². The molecule has 0 fully saturated rings. The minimum atomic E-state index is -0.331. The topological polar surface area (TPSA) is 54.7 Å². The van der Waals surface area contributed by atoms with Crippen molar-refractivity contribution in [2.75, 3.05) is 5.73 Å². The maximum Gasteiger partial charge on any atom is 0.153 e. The lowest BCUT2D eigenvalue weighted by molar-refractivity contribution is 0.629. The van der Waals surface area contributed by atoms with E-state index in [0.717, 1.165) is 0 Å². The quantitative estimate of drug-likeness (QED) is 0.727. The van der Waals surface area contributed by atoms with Gasteiger partial charge in [-0.2, -0.15) is 5.10 Å². The number of fused-ring (bicyclic) bond motifs is 1. The number of benzene rings is 1. The van der Waals surface area contributed by atoms with Gasteiger partial charge in [0.2, 0.25) is 0 Å². The molecule has 3 N–H and O–H groups in total. The van der Waals surface area contributed by atoms with Crippen molar-refractivity contribution in [3.8, 4) is 0 Å². The Morgan fingerprint density at radius 1 is 1.50 bits per heavy atom. The number of rotatable bonds is 0. The number of anilines is 1. The molecule has 0 bridgehead atoms. The molecular weight excluding hydrogens is 225 g/mol. The molecule has 0 saturated carbocycles. The van der Waals surface area contributed by atoms with Crippen LogP contribution < -0.4 is 5.73 Å². The van der Waals surface area contributed by atoms with Crippen molar-refractivity contribution in [3.05, 3.63) is 22.4 Å². The van der Waals surface area contributed by atoms with Gasteiger partial charge in [0.05, 0.1) is 5.52 Å². The smallest absolute Gasteiger partial charge is 0.153 e. The number of aromatic amines is 1. The van der Waals surface area contributed by atoms with Crippen molar-refractivity contribution >= 4 is 32.7 Å². The van der Waals surface area contributed by atoms with Gasteiger partial charge in [-0.3, -0.25) is 5.10 Å². The van der Waals surface area contributed by atoms with Gasteiger partial charge in [-0.25, -0.2) is 4.39 Å². The molecule has 1 aromatic carbocycles. The van der Waals surface area contributed by atoms with Crippen molar-refractivity contribution in [3.63, 3.8) is 0 Å². The number of hydrogen-bond donors (Lipinski definition) is 2. The number of aromatic nitrogens is 2. The molecule has 12 heavy (non-hydrogen) atoms. The third kappa shape index (κ3) is 0.972. The highest BCUT2D eigenvalue weighted by molar-refractivity contribution is 9.10. The predicted molar refractivity (Wildman–Crippen MR) is 48.2 cm³/mol. The Morgan fingerprint density at radius 2 is 2.25 bits per heavy atom. The summed E-state index contributed by atoms with van der Waals surface area (Å²) in [5.41, 5.74) is 6.20. The fraction of sp³-hybridized carbons (Fsp3) is 0. The predicted octanol–water partition coefficient (Wildman–Crippen LogP) is 2.05. The van der Waals surface area contributed by atoms with Gasteiger partial charge in [0.15, 0.2) is 5.82 Å². The molecule has 1 heterocycles. The fourth-order valence-corrected chi connectivity index (χ4v) is 1.59. The van der Waals surface area contributed by atoms with Crippen molar-refractivity contribution in [1.82, 2.24) is 10.2 Å². The molecule has 0 amide bonds. The summed E-state index contributed by atoms with van der Waals surface area (Å²) in [5.74, 6) is -0.0207. The zero-order valence-electron chi connectivity index (χ0n) is 5.94. The standard InChI is InChI=1S/C7H5BrFN3/c8-5-2-3(9)1-4-6(5)11-12-7(4)10/h1-2H,(H3,10,11,12). The molecular formula is C7H5BrFN3. The van der Waals surface area contributed by atoms with Gasteiger partial charge in [-0.1, -0.05) is 0 Å². The largest absolute Gasteiger partial charge is 0.382 e. The zero-order chi connectivity index (χ0) is 8.72. The molecule has 0 aliphatic rings. The first-order valence-corrected chi connectivity index (χ1v) is 4.06. The Balaban J connectivity index is 2.92. The molecule has 62 valence electrons. The molecule has 3 nitrogen and oxygen atoms in total. The molecule has 0 unspecified atom stereocenters. The van der Waals surface area contributed by atoms with E-state index >= 15 is 0 Å². The van der Waals surface area contributed by atoms with E-state index in [-0.39, 0.29) is 5.82 Å². The Labute approximate surface area is 75.9 Å². The first-order chi connectivity index (χ1) is 5.68. The normalized spacial score (nSPS) is 10.8. The summed E-state index contributed by atoms with van der Waals surface area (Å²) in [4.78, 5) is 0. The van der Waals surface area contributed by atoms with Crippen molar-refractivity contribution in [2.45, 2.75) is 0 Å². The molecule has 5 heteroatoms. The molecule has 0 atom stereocenters. The highest BCUT2D eigenvalue weighted by Gasteiger charge is 2.06. The van der Waals surface area contributed by atoms with Crippen LogP contribution in [0.1, 0.15) is 0 Å². The molecule has 0 aliphatic heterocycles. The number of nitrogens with one attached hydrogen (secondary N) is 1. The maximum absolute atomic E-state index is 12.8. The molecule has 0 saturated heterocycles. The molecule has 2 rings (SSSR count). The SMILES string of the molecule is Nc1n[nH]c2c(Br)cc(F)cc12. The van der Waals surface area contributed by atoms with E-state index in [1.54, 1.807) is 0 Å². The monoisotopic (exact) mass is 229 g/mol. The second kappa shape index (κ2) is 2.45. The van der Waals surface area contributed by atoms with Crippen LogP contribution in [0.2, 0.25) is 0 Å². The van der Waals surface area contributed by atoms with Crippen LogP contribution in [0.15, 0.2) is 16.6 Å². The molecule has 0 spiro atoms. The van der Waals surface area contributed by atoms with Crippen LogP contribution in [-0.4, -0.2) is 10.2 Å². The summed E-state index contributed by atoms with van der Waals surface area (Å²) in [6.45, 7) is 0. The number of nitrogens with zero attached hydrogens (tertiary/aromatic N) is 1. The van der Waals surface area contributed by atoms with Gasteiger partial charge in [-0.05, 0) is 28.1 Å². The van der Waals surface area contributed by atoms with E-state index in [2.05, 4.69) is 26.1 Å². The fourth-order valence-electron chi connectivity index (χ4n) is 1.07. The van der Waals surface area contributed by atoms with E-state index < -0.39 is 0 Å². The van der Waals surface area contributed by atoms with Crippen molar-refractivity contribution in [1.29, 1.82) is 0 Å². The van der Waals surface area contributed by atoms with Crippen molar-refractivity contribution in [2.24, 2.45) is 0 Å². The second-order valence-electron chi connectivity index (χ2n) is 2.42. The summed E-state index contributed by atoms with van der Waals surface area (Å²) in [6, 6.07) is 2.71. The molecule has 0 aliphatic carbocycles. The minimum absolute atomic E-state index is 0.310. The highest BCUT2D eigenvalue weighted by Crippen LogP contribution is 2.26. The molecule has 2 aromatic rings.